The Hall–Kier alpha value is -1.88. The first-order chi connectivity index (χ1) is 11.2. The molecule has 1 aliphatic heterocycles. The largest absolute Gasteiger partial charge is 0.356 e. The van der Waals surface area contributed by atoms with Gasteiger partial charge in [0.25, 0.3) is 0 Å². The van der Waals surface area contributed by atoms with Gasteiger partial charge < -0.3 is 5.32 Å². The molecule has 3 unspecified atom stereocenters. The number of nitrogens with one attached hydrogen (secondary N) is 3. The summed E-state index contributed by atoms with van der Waals surface area (Å²) in [5.41, 5.74) is 7.02. The van der Waals surface area contributed by atoms with Gasteiger partial charge in [-0.2, -0.15) is 0 Å². The Morgan fingerprint density at radius 3 is 2.78 bits per heavy atom. The minimum absolute atomic E-state index is 0.0507. The van der Waals surface area contributed by atoms with E-state index in [0.29, 0.717) is 13.0 Å². The molecule has 1 heterocycles. The van der Waals surface area contributed by atoms with Gasteiger partial charge in [-0.25, -0.2) is 5.43 Å². The molecular formula is C18H25N3O2. The lowest BCUT2D eigenvalue weighted by Gasteiger charge is -2.40. The molecule has 1 saturated heterocycles. The van der Waals surface area contributed by atoms with Gasteiger partial charge in [0, 0.05) is 24.9 Å². The van der Waals surface area contributed by atoms with Crippen molar-refractivity contribution in [2.45, 2.75) is 44.6 Å². The maximum Gasteiger partial charge on any atom is 0.237 e. The van der Waals surface area contributed by atoms with Crippen LogP contribution in [-0.2, 0) is 16.0 Å². The third kappa shape index (κ3) is 4.10. The normalized spacial score (nSPS) is 27.0. The SMILES string of the molecule is O=C(CC1NNC(=O)C2CCCCC12)NCCc1ccccc1. The monoisotopic (exact) mass is 315 g/mol. The van der Waals surface area contributed by atoms with E-state index >= 15 is 0 Å². The predicted octanol–water partition coefficient (Wildman–Crippen LogP) is 1.54. The van der Waals surface area contributed by atoms with Gasteiger partial charge in [-0.1, -0.05) is 43.2 Å². The molecule has 0 spiro atoms. The minimum Gasteiger partial charge on any atom is -0.356 e. The van der Waals surface area contributed by atoms with Gasteiger partial charge in [0.1, 0.15) is 0 Å². The molecule has 124 valence electrons. The molecule has 3 atom stereocenters. The predicted molar refractivity (Wildman–Crippen MR) is 88.3 cm³/mol. The maximum absolute atomic E-state index is 12.2. The number of hydrogen-bond acceptors (Lipinski definition) is 3. The summed E-state index contributed by atoms with van der Waals surface area (Å²) in [6.07, 6.45) is 5.52. The molecule has 1 aromatic carbocycles. The first-order valence-electron chi connectivity index (χ1n) is 8.60. The van der Waals surface area contributed by atoms with Crippen molar-refractivity contribution in [1.82, 2.24) is 16.2 Å². The van der Waals surface area contributed by atoms with E-state index in [4.69, 9.17) is 0 Å². The topological polar surface area (TPSA) is 70.2 Å². The number of hydrazine groups is 1. The van der Waals surface area contributed by atoms with E-state index in [1.807, 2.05) is 18.2 Å². The molecular weight excluding hydrogens is 290 g/mol. The van der Waals surface area contributed by atoms with Crippen molar-refractivity contribution in [2.75, 3.05) is 6.54 Å². The quantitative estimate of drug-likeness (QED) is 0.772. The Morgan fingerprint density at radius 1 is 1.17 bits per heavy atom. The molecule has 0 aromatic heterocycles. The highest BCUT2D eigenvalue weighted by atomic mass is 16.2. The Kier molecular flexibility index (Phi) is 5.28. The minimum atomic E-state index is 0.0507. The highest BCUT2D eigenvalue weighted by Gasteiger charge is 2.40. The van der Waals surface area contributed by atoms with Crippen LogP contribution in [0.15, 0.2) is 30.3 Å². The standard InChI is InChI=1S/C18H25N3O2/c22-17(19-11-10-13-6-2-1-3-7-13)12-16-14-8-4-5-9-15(14)18(23)21-20-16/h1-3,6-7,14-16,20H,4-5,8-12H2,(H,19,22)(H,21,23). The van der Waals surface area contributed by atoms with Crippen molar-refractivity contribution < 1.29 is 9.59 Å². The van der Waals surface area contributed by atoms with Crippen molar-refractivity contribution in [1.29, 1.82) is 0 Å². The van der Waals surface area contributed by atoms with Crippen molar-refractivity contribution in [3.8, 4) is 0 Å². The molecule has 1 aromatic rings. The molecule has 2 amide bonds. The van der Waals surface area contributed by atoms with Crippen LogP contribution in [0, 0.1) is 11.8 Å². The Balaban J connectivity index is 1.46. The number of fused-ring (bicyclic) bond motifs is 1. The lowest BCUT2D eigenvalue weighted by molar-refractivity contribution is -0.135. The number of benzene rings is 1. The molecule has 5 heteroatoms. The van der Waals surface area contributed by atoms with Crippen LogP contribution in [0.1, 0.15) is 37.7 Å². The van der Waals surface area contributed by atoms with E-state index in [1.54, 1.807) is 0 Å². The van der Waals surface area contributed by atoms with Gasteiger partial charge >= 0.3 is 0 Å². The fourth-order valence-electron chi connectivity index (χ4n) is 3.80. The number of hydrogen-bond donors (Lipinski definition) is 3. The smallest absolute Gasteiger partial charge is 0.237 e. The second-order valence-electron chi connectivity index (χ2n) is 6.58. The molecule has 2 fully saturated rings. The molecule has 3 N–H and O–H groups in total. The van der Waals surface area contributed by atoms with E-state index < -0.39 is 0 Å². The summed E-state index contributed by atoms with van der Waals surface area (Å²) < 4.78 is 0. The first-order valence-corrected chi connectivity index (χ1v) is 8.60. The highest BCUT2D eigenvalue weighted by molar-refractivity contribution is 5.81. The van der Waals surface area contributed by atoms with Crippen LogP contribution in [0.5, 0.6) is 0 Å². The second kappa shape index (κ2) is 7.59. The Labute approximate surface area is 137 Å². The lowest BCUT2D eigenvalue weighted by atomic mass is 9.73. The number of amides is 2. The highest BCUT2D eigenvalue weighted by Crippen LogP contribution is 2.35. The van der Waals surface area contributed by atoms with E-state index in [2.05, 4.69) is 28.3 Å². The maximum atomic E-state index is 12.2. The third-order valence-electron chi connectivity index (χ3n) is 5.04. The third-order valence-corrected chi connectivity index (χ3v) is 5.04. The van der Waals surface area contributed by atoms with Crippen LogP contribution in [0.2, 0.25) is 0 Å². The molecule has 5 nitrogen and oxygen atoms in total. The summed E-state index contributed by atoms with van der Waals surface area (Å²) in [6.45, 7) is 0.649. The fourth-order valence-corrected chi connectivity index (χ4v) is 3.80. The zero-order valence-corrected chi connectivity index (χ0v) is 13.4. The van der Waals surface area contributed by atoms with Crippen LogP contribution < -0.4 is 16.2 Å². The lowest BCUT2D eigenvalue weighted by Crippen LogP contribution is -2.60. The molecule has 1 saturated carbocycles. The van der Waals surface area contributed by atoms with Crippen LogP contribution >= 0.6 is 0 Å². The molecule has 1 aliphatic carbocycles. The molecule has 2 aliphatic rings. The van der Waals surface area contributed by atoms with Gasteiger partial charge in [0.05, 0.1) is 0 Å². The first kappa shape index (κ1) is 16.0. The van der Waals surface area contributed by atoms with Gasteiger partial charge in [-0.05, 0) is 30.7 Å². The van der Waals surface area contributed by atoms with Crippen LogP contribution in [-0.4, -0.2) is 24.4 Å². The van der Waals surface area contributed by atoms with Gasteiger partial charge in [-0.3, -0.25) is 15.0 Å². The van der Waals surface area contributed by atoms with Gasteiger partial charge in [0.2, 0.25) is 11.8 Å². The van der Waals surface area contributed by atoms with Crippen molar-refractivity contribution in [3.63, 3.8) is 0 Å². The zero-order chi connectivity index (χ0) is 16.1. The Bertz CT molecular complexity index is 546. The Morgan fingerprint density at radius 2 is 1.96 bits per heavy atom. The van der Waals surface area contributed by atoms with Gasteiger partial charge in [0.15, 0.2) is 0 Å². The summed E-state index contributed by atoms with van der Waals surface area (Å²) in [7, 11) is 0. The second-order valence-corrected chi connectivity index (χ2v) is 6.58. The van der Waals surface area contributed by atoms with Crippen LogP contribution in [0.25, 0.3) is 0 Å². The average molecular weight is 315 g/mol. The van der Waals surface area contributed by atoms with E-state index in [0.717, 1.165) is 32.1 Å². The van der Waals surface area contributed by atoms with Crippen LogP contribution in [0.4, 0.5) is 0 Å². The summed E-state index contributed by atoms with van der Waals surface area (Å²) in [5, 5.41) is 2.99. The summed E-state index contributed by atoms with van der Waals surface area (Å²) in [4.78, 5) is 24.1. The summed E-state index contributed by atoms with van der Waals surface area (Å²) in [6, 6.07) is 10.2. The zero-order valence-electron chi connectivity index (χ0n) is 13.4. The molecule has 0 bridgehead atoms. The fraction of sp³-hybridized carbons (Fsp3) is 0.556. The summed E-state index contributed by atoms with van der Waals surface area (Å²) in [5.74, 6) is 0.513. The number of carbonyl (C=O) groups is 2. The summed E-state index contributed by atoms with van der Waals surface area (Å²) >= 11 is 0. The number of rotatable bonds is 5. The van der Waals surface area contributed by atoms with E-state index in [-0.39, 0.29) is 29.7 Å². The van der Waals surface area contributed by atoms with E-state index in [1.165, 1.54) is 5.56 Å². The van der Waals surface area contributed by atoms with Crippen molar-refractivity contribution in [3.05, 3.63) is 35.9 Å². The molecule has 23 heavy (non-hydrogen) atoms. The number of carbonyl (C=O) groups excluding carboxylic acids is 2. The average Bonchev–Trinajstić information content (AvgIpc) is 2.59. The van der Waals surface area contributed by atoms with Gasteiger partial charge in [-0.15, -0.1) is 0 Å². The van der Waals surface area contributed by atoms with Crippen molar-refractivity contribution >= 4 is 11.8 Å². The van der Waals surface area contributed by atoms with Crippen molar-refractivity contribution in [2.24, 2.45) is 11.8 Å². The van der Waals surface area contributed by atoms with E-state index in [9.17, 15) is 9.59 Å². The van der Waals surface area contributed by atoms with Crippen LogP contribution in [0.3, 0.4) is 0 Å². The molecule has 0 radical (unpaired) electrons. The molecule has 3 rings (SSSR count).